The van der Waals surface area contributed by atoms with Crippen LogP contribution in [0.5, 0.6) is 5.88 Å². The first-order chi connectivity index (χ1) is 23.2. The maximum absolute atomic E-state index is 14.5. The molecule has 12 heteroatoms. The molecule has 6 rings (SSSR count). The maximum Gasteiger partial charge on any atom is 0.264 e. The maximum atomic E-state index is 14.5. The van der Waals surface area contributed by atoms with Crippen LogP contribution in [0.4, 0.5) is 5.95 Å². The van der Waals surface area contributed by atoms with Crippen molar-refractivity contribution >= 4 is 21.9 Å². The van der Waals surface area contributed by atoms with Gasteiger partial charge in [0.05, 0.1) is 34.6 Å². The summed E-state index contributed by atoms with van der Waals surface area (Å²) in [4.78, 5) is 29.9. The Balaban J connectivity index is 1.46. The molecule has 0 spiro atoms. The number of fused-ring (bicyclic) bond motifs is 4. The lowest BCUT2D eigenvalue weighted by atomic mass is 9.87. The van der Waals surface area contributed by atoms with Gasteiger partial charge in [-0.2, -0.15) is 10.1 Å². The minimum absolute atomic E-state index is 0.0817. The lowest BCUT2D eigenvalue weighted by Crippen LogP contribution is -2.45. The Kier molecular flexibility index (Phi) is 9.02. The third kappa shape index (κ3) is 7.34. The monoisotopic (exact) mass is 679 g/mol. The van der Waals surface area contributed by atoms with E-state index >= 15 is 0 Å². The minimum atomic E-state index is -4.17. The molecule has 49 heavy (non-hydrogen) atoms. The van der Waals surface area contributed by atoms with E-state index in [2.05, 4.69) is 45.7 Å². The molecule has 1 aliphatic rings. The Morgan fingerprint density at radius 1 is 0.918 bits per heavy atom. The number of aromatic nitrogens is 5. The lowest BCUT2D eigenvalue weighted by molar-refractivity contribution is 0.0509. The zero-order valence-corrected chi connectivity index (χ0v) is 29.6. The number of nitrogens with zero attached hydrogens (tertiary/aromatic N) is 5. The quantitative estimate of drug-likeness (QED) is 0.206. The van der Waals surface area contributed by atoms with Crippen LogP contribution in [0.15, 0.2) is 71.8 Å². The number of carbonyl (C=O) groups is 1. The molecule has 0 saturated carbocycles. The van der Waals surface area contributed by atoms with Gasteiger partial charge in [0.25, 0.3) is 15.9 Å². The average Bonchev–Trinajstić information content (AvgIpc) is 3.38. The molecule has 0 unspecified atom stereocenters. The number of hydrogen-bond acceptors (Lipinski definition) is 8. The van der Waals surface area contributed by atoms with Gasteiger partial charge in [0.15, 0.2) is 0 Å². The number of carbonyl (C=O) groups excluding carboxylic acids is 1. The van der Waals surface area contributed by atoms with Gasteiger partial charge < -0.3 is 9.64 Å². The molecular formula is C37H41N7O4S. The second-order valence-electron chi connectivity index (χ2n) is 13.8. The Labute approximate surface area is 287 Å². The van der Waals surface area contributed by atoms with Gasteiger partial charge >= 0.3 is 0 Å². The van der Waals surface area contributed by atoms with Gasteiger partial charge in [0, 0.05) is 40.2 Å². The standard InChI is InChI=1S/C37H41N7O4S/c1-22-10-8-11-23(2)33(22)31-17-32-40-36(39-31)43-49(46,47)30-13-9-12-26(16-30)35(45)44(29(21-48-32)18-37(5,6)7)20-28-15-14-27(19-38-28)34-24(3)41-42-25(34)4/h8-17,19,29H,18,20-21H2,1-7H3,(H,41,42)(H,39,40,43)/t29-/m1/s1. The van der Waals surface area contributed by atoms with E-state index in [4.69, 9.17) is 9.72 Å². The molecule has 2 N–H and O–H groups in total. The molecule has 5 aromatic rings. The summed E-state index contributed by atoms with van der Waals surface area (Å²) in [6.45, 7) is 14.5. The minimum Gasteiger partial charge on any atom is -0.475 e. The molecule has 1 amide bonds. The van der Waals surface area contributed by atoms with Crippen LogP contribution in [-0.2, 0) is 16.6 Å². The highest BCUT2D eigenvalue weighted by Gasteiger charge is 2.32. The molecule has 254 valence electrons. The van der Waals surface area contributed by atoms with Gasteiger partial charge in [0.2, 0.25) is 11.8 Å². The number of aromatic amines is 1. The molecule has 4 bridgehead atoms. The fourth-order valence-electron chi connectivity index (χ4n) is 6.36. The SMILES string of the molecule is Cc1cccc(C)c1-c1cc2nc(n1)NS(=O)(=O)c1cccc(c1)C(=O)N(Cc1ccc(-c3c(C)n[nH]c3C)cn1)[C@H](CC(C)(C)C)CO2. The molecule has 0 aliphatic carbocycles. The Morgan fingerprint density at radius 2 is 1.65 bits per heavy atom. The molecule has 2 aromatic carbocycles. The van der Waals surface area contributed by atoms with Crippen LogP contribution in [-0.4, -0.2) is 57.0 Å². The smallest absolute Gasteiger partial charge is 0.264 e. The number of benzene rings is 2. The fourth-order valence-corrected chi connectivity index (χ4v) is 7.35. The predicted molar refractivity (Wildman–Crippen MR) is 189 cm³/mol. The number of aryl methyl sites for hydroxylation is 4. The topological polar surface area (TPSA) is 143 Å². The molecule has 11 nitrogen and oxygen atoms in total. The van der Waals surface area contributed by atoms with Crippen molar-refractivity contribution in [2.45, 2.75) is 72.4 Å². The van der Waals surface area contributed by atoms with Crippen LogP contribution in [0.3, 0.4) is 0 Å². The van der Waals surface area contributed by atoms with Gasteiger partial charge in [-0.3, -0.25) is 14.9 Å². The van der Waals surface area contributed by atoms with Crippen molar-refractivity contribution in [3.8, 4) is 28.3 Å². The number of rotatable bonds is 5. The number of nitrogens with one attached hydrogen (secondary N) is 2. The molecule has 1 aliphatic heterocycles. The van der Waals surface area contributed by atoms with E-state index in [0.29, 0.717) is 17.8 Å². The van der Waals surface area contributed by atoms with Gasteiger partial charge in [0.1, 0.15) is 6.61 Å². The van der Waals surface area contributed by atoms with Crippen molar-refractivity contribution < 1.29 is 17.9 Å². The summed E-state index contributed by atoms with van der Waals surface area (Å²) in [5.41, 5.74) is 7.78. The number of ether oxygens (including phenoxy) is 1. The number of hydrogen-bond donors (Lipinski definition) is 2. The largest absolute Gasteiger partial charge is 0.475 e. The molecule has 4 heterocycles. The summed E-state index contributed by atoms with van der Waals surface area (Å²) in [6.07, 6.45) is 2.37. The van der Waals surface area contributed by atoms with E-state index in [1.54, 1.807) is 29.3 Å². The first kappa shape index (κ1) is 33.8. The van der Waals surface area contributed by atoms with E-state index in [1.165, 1.54) is 12.1 Å². The van der Waals surface area contributed by atoms with Crippen LogP contribution >= 0.6 is 0 Å². The van der Waals surface area contributed by atoms with Gasteiger partial charge in [-0.05, 0) is 74.9 Å². The summed E-state index contributed by atoms with van der Waals surface area (Å²) in [6, 6.07) is 17.1. The van der Waals surface area contributed by atoms with E-state index in [9.17, 15) is 13.2 Å². The second-order valence-corrected chi connectivity index (χ2v) is 15.5. The van der Waals surface area contributed by atoms with E-state index in [1.807, 2.05) is 58.0 Å². The van der Waals surface area contributed by atoms with Crippen molar-refractivity contribution in [3.63, 3.8) is 0 Å². The molecule has 1 atom stereocenters. The Hall–Kier alpha value is -5.10. The molecule has 0 saturated heterocycles. The van der Waals surface area contributed by atoms with Crippen LogP contribution in [0.2, 0.25) is 0 Å². The number of pyridine rings is 1. The summed E-state index contributed by atoms with van der Waals surface area (Å²) >= 11 is 0. The molecule has 3 aromatic heterocycles. The van der Waals surface area contributed by atoms with Crippen LogP contribution < -0.4 is 9.46 Å². The summed E-state index contributed by atoms with van der Waals surface area (Å²) < 4.78 is 36.3. The third-order valence-corrected chi connectivity index (χ3v) is 9.93. The van der Waals surface area contributed by atoms with Gasteiger partial charge in [-0.15, -0.1) is 0 Å². The first-order valence-electron chi connectivity index (χ1n) is 16.2. The number of sulfonamides is 1. The van der Waals surface area contributed by atoms with Crippen molar-refractivity contribution in [2.75, 3.05) is 11.3 Å². The summed E-state index contributed by atoms with van der Waals surface area (Å²) in [5.74, 6) is -0.269. The second kappa shape index (κ2) is 13.1. The highest BCUT2D eigenvalue weighted by molar-refractivity contribution is 7.92. The number of amides is 1. The summed E-state index contributed by atoms with van der Waals surface area (Å²) in [5, 5.41) is 7.32. The average molecular weight is 680 g/mol. The van der Waals surface area contributed by atoms with E-state index in [-0.39, 0.29) is 46.8 Å². The number of H-pyrrole nitrogens is 1. The first-order valence-corrected chi connectivity index (χ1v) is 17.7. The fraction of sp³-hybridized carbons (Fsp3) is 0.324. The van der Waals surface area contributed by atoms with E-state index in [0.717, 1.165) is 39.2 Å². The molecule has 0 fully saturated rings. The van der Waals surface area contributed by atoms with Crippen LogP contribution in [0.1, 0.15) is 65.8 Å². The van der Waals surface area contributed by atoms with Crippen LogP contribution in [0, 0.1) is 33.1 Å². The highest BCUT2D eigenvalue weighted by atomic mass is 32.2. The highest BCUT2D eigenvalue weighted by Crippen LogP contribution is 2.32. The van der Waals surface area contributed by atoms with Crippen molar-refractivity contribution in [2.24, 2.45) is 5.41 Å². The van der Waals surface area contributed by atoms with Crippen molar-refractivity contribution in [1.82, 2.24) is 30.0 Å². The lowest BCUT2D eigenvalue weighted by Gasteiger charge is -2.35. The molecular weight excluding hydrogens is 639 g/mol. The number of anilines is 1. The normalized spacial score (nSPS) is 16.2. The van der Waals surface area contributed by atoms with E-state index < -0.39 is 16.1 Å². The van der Waals surface area contributed by atoms with Gasteiger partial charge in [-0.1, -0.05) is 51.1 Å². The predicted octanol–water partition coefficient (Wildman–Crippen LogP) is 6.80. The Bertz CT molecular complexity index is 2100. The van der Waals surface area contributed by atoms with Gasteiger partial charge in [-0.25, -0.2) is 18.1 Å². The van der Waals surface area contributed by atoms with Crippen molar-refractivity contribution in [3.05, 3.63) is 101 Å². The van der Waals surface area contributed by atoms with Crippen molar-refractivity contribution in [1.29, 1.82) is 0 Å². The molecule has 0 radical (unpaired) electrons. The Morgan fingerprint density at radius 3 is 2.31 bits per heavy atom. The van der Waals surface area contributed by atoms with Crippen LogP contribution in [0.25, 0.3) is 22.4 Å². The third-order valence-electron chi connectivity index (χ3n) is 8.60. The summed E-state index contributed by atoms with van der Waals surface area (Å²) in [7, 11) is -4.17. The zero-order valence-electron chi connectivity index (χ0n) is 28.8. The zero-order chi connectivity index (χ0) is 35.1.